The van der Waals surface area contributed by atoms with Gasteiger partial charge in [-0.05, 0) is 31.0 Å². The molecule has 2 heterocycles. The molecule has 1 atom stereocenters. The second kappa shape index (κ2) is 4.55. The molecule has 1 fully saturated rings. The summed E-state index contributed by atoms with van der Waals surface area (Å²) in [6.45, 7) is 4.82. The van der Waals surface area contributed by atoms with Crippen LogP contribution in [0.3, 0.4) is 0 Å². The maximum absolute atomic E-state index is 12.4. The summed E-state index contributed by atoms with van der Waals surface area (Å²) in [5.74, 6) is 0. The Labute approximate surface area is 103 Å². The third kappa shape index (κ3) is 2.84. The van der Waals surface area contributed by atoms with Crippen molar-refractivity contribution < 1.29 is 13.2 Å². The number of aromatic amines is 1. The Morgan fingerprint density at radius 3 is 2.78 bits per heavy atom. The van der Waals surface area contributed by atoms with Gasteiger partial charge in [-0.2, -0.15) is 18.3 Å². The molecule has 2 rings (SSSR count). The van der Waals surface area contributed by atoms with Gasteiger partial charge in [-0.25, -0.2) is 0 Å². The van der Waals surface area contributed by atoms with Gasteiger partial charge in [0, 0.05) is 18.8 Å². The molecule has 0 aromatic carbocycles. The number of halogens is 3. The number of H-pyrrole nitrogens is 1. The molecule has 0 amide bonds. The molecule has 0 aliphatic carbocycles. The van der Waals surface area contributed by atoms with Crippen LogP contribution in [0, 0.1) is 5.41 Å². The average molecular weight is 262 g/mol. The number of nitrogens with two attached hydrogens (primary N) is 1. The van der Waals surface area contributed by atoms with Crippen LogP contribution >= 0.6 is 0 Å². The lowest BCUT2D eigenvalue weighted by Gasteiger charge is -2.22. The van der Waals surface area contributed by atoms with Crippen molar-refractivity contribution in [3.05, 3.63) is 17.5 Å². The van der Waals surface area contributed by atoms with Crippen LogP contribution in [0.15, 0.2) is 6.07 Å². The molecular weight excluding hydrogens is 245 g/mol. The van der Waals surface area contributed by atoms with Gasteiger partial charge >= 0.3 is 6.18 Å². The Morgan fingerprint density at radius 1 is 1.56 bits per heavy atom. The van der Waals surface area contributed by atoms with E-state index in [-0.39, 0.29) is 5.41 Å². The lowest BCUT2D eigenvalue weighted by atomic mass is 9.90. The van der Waals surface area contributed by atoms with Gasteiger partial charge in [0.25, 0.3) is 0 Å². The topological polar surface area (TPSA) is 57.9 Å². The molecule has 0 radical (unpaired) electrons. The van der Waals surface area contributed by atoms with Crippen molar-refractivity contribution in [2.45, 2.75) is 26.1 Å². The van der Waals surface area contributed by atoms with E-state index in [1.54, 1.807) is 0 Å². The van der Waals surface area contributed by atoms with E-state index < -0.39 is 11.9 Å². The van der Waals surface area contributed by atoms with Gasteiger partial charge in [-0.3, -0.25) is 10.00 Å². The fourth-order valence-electron chi connectivity index (χ4n) is 2.26. The summed E-state index contributed by atoms with van der Waals surface area (Å²) in [6.07, 6.45) is -3.41. The molecule has 3 N–H and O–H groups in total. The number of likely N-dealkylation sites (tertiary alicyclic amines) is 1. The smallest absolute Gasteiger partial charge is 0.330 e. The van der Waals surface area contributed by atoms with Gasteiger partial charge in [0.05, 0.1) is 0 Å². The summed E-state index contributed by atoms with van der Waals surface area (Å²) in [5, 5.41) is 5.73. The Morgan fingerprint density at radius 2 is 2.28 bits per heavy atom. The summed E-state index contributed by atoms with van der Waals surface area (Å²) in [4.78, 5) is 2.10. The molecule has 102 valence electrons. The van der Waals surface area contributed by atoms with Gasteiger partial charge in [0.15, 0.2) is 5.69 Å². The normalized spacial score (nSPS) is 25.8. The lowest BCUT2D eigenvalue weighted by Crippen LogP contribution is -2.31. The zero-order chi connectivity index (χ0) is 13.4. The molecule has 7 heteroatoms. The standard InChI is InChI=1S/C11H17F3N4/c1-10(6-15)2-3-18(7-10)5-8-4-9(17-16-8)11(12,13)14/h4H,2-3,5-7,15H2,1H3,(H,16,17). The maximum Gasteiger partial charge on any atom is 0.435 e. The minimum atomic E-state index is -4.38. The predicted octanol–water partition coefficient (Wildman–Crippen LogP) is 1.60. The molecule has 0 bridgehead atoms. The summed E-state index contributed by atoms with van der Waals surface area (Å²) in [5.41, 5.74) is 5.39. The third-order valence-electron chi connectivity index (χ3n) is 3.45. The second-order valence-electron chi connectivity index (χ2n) is 5.25. The summed E-state index contributed by atoms with van der Waals surface area (Å²) in [6, 6.07) is 1.07. The minimum absolute atomic E-state index is 0.0763. The molecule has 0 saturated carbocycles. The number of nitrogens with one attached hydrogen (secondary N) is 1. The zero-order valence-corrected chi connectivity index (χ0v) is 10.2. The Hall–Kier alpha value is -1.08. The van der Waals surface area contributed by atoms with Crippen molar-refractivity contribution in [3.63, 3.8) is 0 Å². The highest BCUT2D eigenvalue weighted by atomic mass is 19.4. The van der Waals surface area contributed by atoms with E-state index in [1.165, 1.54) is 0 Å². The predicted molar refractivity (Wildman–Crippen MR) is 60.6 cm³/mol. The monoisotopic (exact) mass is 262 g/mol. The van der Waals surface area contributed by atoms with Crippen LogP contribution in [0.1, 0.15) is 24.7 Å². The first-order valence-electron chi connectivity index (χ1n) is 5.86. The first-order valence-corrected chi connectivity index (χ1v) is 5.86. The molecule has 1 aromatic heterocycles. The van der Waals surface area contributed by atoms with E-state index in [4.69, 9.17) is 5.73 Å². The Balaban J connectivity index is 1.97. The van der Waals surface area contributed by atoms with Crippen LogP contribution in [0.25, 0.3) is 0 Å². The van der Waals surface area contributed by atoms with Crippen molar-refractivity contribution in [1.29, 1.82) is 0 Å². The number of aromatic nitrogens is 2. The first kappa shape index (κ1) is 13.4. The van der Waals surface area contributed by atoms with Crippen LogP contribution < -0.4 is 5.73 Å². The minimum Gasteiger partial charge on any atom is -0.330 e. The molecule has 1 aliphatic heterocycles. The Bertz CT molecular complexity index is 415. The van der Waals surface area contributed by atoms with Gasteiger partial charge in [0.2, 0.25) is 0 Å². The van der Waals surface area contributed by atoms with Crippen molar-refractivity contribution in [1.82, 2.24) is 15.1 Å². The summed E-state index contributed by atoms with van der Waals surface area (Å²) in [7, 11) is 0. The van der Waals surface area contributed by atoms with Crippen molar-refractivity contribution >= 4 is 0 Å². The first-order chi connectivity index (χ1) is 8.32. The maximum atomic E-state index is 12.4. The van der Waals surface area contributed by atoms with Gasteiger partial charge in [0.1, 0.15) is 0 Å². The molecule has 18 heavy (non-hydrogen) atoms. The summed E-state index contributed by atoms with van der Waals surface area (Å²) >= 11 is 0. The highest BCUT2D eigenvalue weighted by molar-refractivity contribution is 5.11. The number of alkyl halides is 3. The van der Waals surface area contributed by atoms with E-state index in [0.29, 0.717) is 18.8 Å². The molecule has 1 aromatic rings. The van der Waals surface area contributed by atoms with E-state index in [2.05, 4.69) is 22.0 Å². The zero-order valence-electron chi connectivity index (χ0n) is 10.2. The van der Waals surface area contributed by atoms with Crippen LogP contribution in [-0.2, 0) is 12.7 Å². The van der Waals surface area contributed by atoms with Gasteiger partial charge in [-0.1, -0.05) is 6.92 Å². The Kier molecular flexibility index (Phi) is 3.37. The highest BCUT2D eigenvalue weighted by Gasteiger charge is 2.35. The van der Waals surface area contributed by atoms with E-state index >= 15 is 0 Å². The second-order valence-corrected chi connectivity index (χ2v) is 5.25. The van der Waals surface area contributed by atoms with E-state index in [9.17, 15) is 13.2 Å². The fourth-order valence-corrected chi connectivity index (χ4v) is 2.26. The quantitative estimate of drug-likeness (QED) is 0.870. The molecule has 1 saturated heterocycles. The number of rotatable bonds is 3. The largest absolute Gasteiger partial charge is 0.435 e. The van der Waals surface area contributed by atoms with Crippen LogP contribution in [0.4, 0.5) is 13.2 Å². The van der Waals surface area contributed by atoms with Crippen LogP contribution in [0.2, 0.25) is 0 Å². The summed E-state index contributed by atoms with van der Waals surface area (Å²) < 4.78 is 37.1. The lowest BCUT2D eigenvalue weighted by molar-refractivity contribution is -0.141. The fraction of sp³-hybridized carbons (Fsp3) is 0.727. The highest BCUT2D eigenvalue weighted by Crippen LogP contribution is 2.31. The van der Waals surface area contributed by atoms with Gasteiger partial charge < -0.3 is 5.73 Å². The van der Waals surface area contributed by atoms with E-state index in [0.717, 1.165) is 25.6 Å². The van der Waals surface area contributed by atoms with Crippen molar-refractivity contribution in [2.24, 2.45) is 11.1 Å². The molecule has 1 aliphatic rings. The number of nitrogens with zero attached hydrogens (tertiary/aromatic N) is 2. The number of hydrogen-bond acceptors (Lipinski definition) is 3. The SMILES string of the molecule is CC1(CN)CCN(Cc2cc(C(F)(F)F)n[nH]2)C1. The van der Waals surface area contributed by atoms with Gasteiger partial charge in [-0.15, -0.1) is 0 Å². The van der Waals surface area contributed by atoms with Crippen LogP contribution in [-0.4, -0.2) is 34.7 Å². The average Bonchev–Trinajstić information content (AvgIpc) is 2.86. The third-order valence-corrected chi connectivity index (χ3v) is 3.45. The van der Waals surface area contributed by atoms with Crippen LogP contribution in [0.5, 0.6) is 0 Å². The van der Waals surface area contributed by atoms with Crippen molar-refractivity contribution in [2.75, 3.05) is 19.6 Å². The number of hydrogen-bond donors (Lipinski definition) is 2. The molecule has 0 spiro atoms. The molecule has 4 nitrogen and oxygen atoms in total. The molecule has 1 unspecified atom stereocenters. The van der Waals surface area contributed by atoms with Crippen molar-refractivity contribution in [3.8, 4) is 0 Å². The van der Waals surface area contributed by atoms with E-state index in [1.807, 2.05) is 0 Å². The molecular formula is C11H17F3N4.